The highest BCUT2D eigenvalue weighted by molar-refractivity contribution is 6.30. The second-order valence-corrected chi connectivity index (χ2v) is 7.69. The van der Waals surface area contributed by atoms with Crippen molar-refractivity contribution in [3.63, 3.8) is 0 Å². The van der Waals surface area contributed by atoms with Gasteiger partial charge in [-0.3, -0.25) is 4.79 Å². The monoisotopic (exact) mass is 396 g/mol. The van der Waals surface area contributed by atoms with E-state index < -0.39 is 0 Å². The highest BCUT2D eigenvalue weighted by Crippen LogP contribution is 2.35. The fraction of sp³-hybridized carbons (Fsp3) is 0.375. The molecule has 1 aromatic heterocycles. The van der Waals surface area contributed by atoms with Crippen LogP contribution in [0.25, 0.3) is 10.9 Å². The van der Waals surface area contributed by atoms with Gasteiger partial charge in [0.2, 0.25) is 5.91 Å². The number of carbonyl (C=O) groups excluding carboxylic acids is 1. The third kappa shape index (κ3) is 4.77. The van der Waals surface area contributed by atoms with Crippen molar-refractivity contribution in [2.24, 2.45) is 0 Å². The van der Waals surface area contributed by atoms with E-state index >= 15 is 0 Å². The van der Waals surface area contributed by atoms with E-state index in [1.807, 2.05) is 18.2 Å². The van der Waals surface area contributed by atoms with Crippen molar-refractivity contribution in [1.29, 1.82) is 0 Å². The summed E-state index contributed by atoms with van der Waals surface area (Å²) in [5.41, 5.74) is 3.47. The zero-order chi connectivity index (χ0) is 19.9. The number of amides is 1. The molecule has 1 atom stereocenters. The lowest BCUT2D eigenvalue weighted by molar-refractivity contribution is -0.121. The lowest BCUT2D eigenvalue weighted by Gasteiger charge is -2.17. The Labute approximate surface area is 172 Å². The molecule has 1 amide bonds. The van der Waals surface area contributed by atoms with Gasteiger partial charge in [-0.05, 0) is 42.7 Å². The zero-order valence-corrected chi connectivity index (χ0v) is 17.5. The van der Waals surface area contributed by atoms with Crippen molar-refractivity contribution in [3.05, 3.63) is 70.9 Å². The molecule has 0 spiro atoms. The number of halogens is 1. The van der Waals surface area contributed by atoms with Crippen LogP contribution in [0.5, 0.6) is 0 Å². The van der Waals surface area contributed by atoms with E-state index in [0.29, 0.717) is 11.4 Å². The van der Waals surface area contributed by atoms with Crippen molar-refractivity contribution in [2.45, 2.75) is 52.0 Å². The summed E-state index contributed by atoms with van der Waals surface area (Å²) in [5.74, 6) is 0.0667. The number of unbranched alkanes of at least 4 members (excludes halogenated alkanes) is 2. The predicted molar refractivity (Wildman–Crippen MR) is 118 cm³/mol. The van der Waals surface area contributed by atoms with Gasteiger partial charge in [-0.2, -0.15) is 0 Å². The average molecular weight is 397 g/mol. The number of rotatable bonds is 9. The quantitative estimate of drug-likeness (QED) is 0.433. The van der Waals surface area contributed by atoms with Crippen LogP contribution >= 0.6 is 11.6 Å². The molecule has 3 rings (SSSR count). The van der Waals surface area contributed by atoms with Gasteiger partial charge in [-0.25, -0.2) is 0 Å². The average Bonchev–Trinajstić information content (AvgIpc) is 3.08. The summed E-state index contributed by atoms with van der Waals surface area (Å²) in [5, 5.41) is 4.99. The Morgan fingerprint density at radius 1 is 1.11 bits per heavy atom. The summed E-state index contributed by atoms with van der Waals surface area (Å²) < 4.78 is 2.25. The van der Waals surface area contributed by atoms with Crippen molar-refractivity contribution >= 4 is 28.4 Å². The molecule has 0 aliphatic rings. The van der Waals surface area contributed by atoms with Crippen LogP contribution in [0, 0.1) is 0 Å². The fourth-order valence-electron chi connectivity index (χ4n) is 3.81. The Morgan fingerprint density at radius 3 is 2.68 bits per heavy atom. The summed E-state index contributed by atoms with van der Waals surface area (Å²) in [6.07, 6.45) is 5.93. The lowest BCUT2D eigenvalue weighted by Crippen LogP contribution is -2.26. The maximum atomic E-state index is 12.7. The maximum absolute atomic E-state index is 12.7. The van der Waals surface area contributed by atoms with E-state index in [1.165, 1.54) is 16.5 Å². The molecule has 0 radical (unpaired) electrons. The predicted octanol–water partition coefficient (Wildman–Crippen LogP) is 6.14. The SMILES string of the molecule is CCCCCNC(=O)CC(c1cccc(Cl)c1)c1cn(CC)c2ccccc12. The summed E-state index contributed by atoms with van der Waals surface area (Å²) in [7, 11) is 0. The third-order valence-electron chi connectivity index (χ3n) is 5.28. The number of aryl methyl sites for hydroxylation is 1. The molecule has 3 aromatic rings. The van der Waals surface area contributed by atoms with E-state index in [-0.39, 0.29) is 11.8 Å². The van der Waals surface area contributed by atoms with Crippen LogP contribution in [0.2, 0.25) is 5.02 Å². The van der Waals surface area contributed by atoms with Crippen molar-refractivity contribution in [1.82, 2.24) is 9.88 Å². The minimum Gasteiger partial charge on any atom is -0.356 e. The maximum Gasteiger partial charge on any atom is 0.220 e. The van der Waals surface area contributed by atoms with Gasteiger partial charge >= 0.3 is 0 Å². The highest BCUT2D eigenvalue weighted by atomic mass is 35.5. The first kappa shape index (κ1) is 20.5. The third-order valence-corrected chi connectivity index (χ3v) is 5.51. The standard InChI is InChI=1S/C24H29ClN2O/c1-3-5-8-14-26-24(28)16-21(18-10-9-11-19(25)15-18)22-17-27(4-2)23-13-7-6-12-20(22)23/h6-7,9-13,15,17,21H,3-5,8,14,16H2,1-2H3,(H,26,28). The molecular formula is C24H29ClN2O. The molecule has 4 heteroatoms. The van der Waals surface area contributed by atoms with Crippen molar-refractivity contribution in [2.75, 3.05) is 6.54 Å². The first-order valence-corrected chi connectivity index (χ1v) is 10.6. The second-order valence-electron chi connectivity index (χ2n) is 7.26. The van der Waals surface area contributed by atoms with Crippen LogP contribution in [0.1, 0.15) is 56.6 Å². The van der Waals surface area contributed by atoms with E-state index in [0.717, 1.165) is 37.9 Å². The number of nitrogens with one attached hydrogen (secondary N) is 1. The van der Waals surface area contributed by atoms with Crippen molar-refractivity contribution < 1.29 is 4.79 Å². The first-order chi connectivity index (χ1) is 13.6. The van der Waals surface area contributed by atoms with Crippen LogP contribution in [0.15, 0.2) is 54.7 Å². The number of para-hydroxylation sites is 1. The summed E-state index contributed by atoms with van der Waals surface area (Å²) in [6, 6.07) is 16.3. The largest absolute Gasteiger partial charge is 0.356 e. The minimum atomic E-state index is -0.0254. The normalized spacial score (nSPS) is 12.2. The molecule has 1 unspecified atom stereocenters. The number of fused-ring (bicyclic) bond motifs is 1. The van der Waals surface area contributed by atoms with Gasteiger partial charge in [0, 0.05) is 47.6 Å². The molecule has 3 nitrogen and oxygen atoms in total. The fourth-order valence-corrected chi connectivity index (χ4v) is 4.00. The topological polar surface area (TPSA) is 34.0 Å². The smallest absolute Gasteiger partial charge is 0.220 e. The van der Waals surface area contributed by atoms with Gasteiger partial charge in [0.25, 0.3) is 0 Å². The van der Waals surface area contributed by atoms with E-state index in [4.69, 9.17) is 11.6 Å². The number of nitrogens with zero attached hydrogens (tertiary/aromatic N) is 1. The molecule has 0 saturated heterocycles. The molecule has 1 N–H and O–H groups in total. The second kappa shape index (κ2) is 9.79. The Kier molecular flexibility index (Phi) is 7.16. The molecule has 0 aliphatic carbocycles. The van der Waals surface area contributed by atoms with E-state index in [2.05, 4.69) is 60.3 Å². The minimum absolute atomic E-state index is 0.0254. The van der Waals surface area contributed by atoms with Gasteiger partial charge in [-0.1, -0.05) is 61.7 Å². The molecular weight excluding hydrogens is 368 g/mol. The number of benzene rings is 2. The lowest BCUT2D eigenvalue weighted by atomic mass is 9.88. The van der Waals surface area contributed by atoms with Gasteiger partial charge in [0.1, 0.15) is 0 Å². The molecule has 0 saturated carbocycles. The Balaban J connectivity index is 1.94. The molecule has 1 heterocycles. The van der Waals surface area contributed by atoms with Crippen LogP contribution < -0.4 is 5.32 Å². The Bertz CT molecular complexity index is 931. The Morgan fingerprint density at radius 2 is 1.93 bits per heavy atom. The van der Waals surface area contributed by atoms with Crippen LogP contribution in [0.3, 0.4) is 0 Å². The number of aromatic nitrogens is 1. The zero-order valence-electron chi connectivity index (χ0n) is 16.7. The summed E-state index contributed by atoms with van der Waals surface area (Å²) in [4.78, 5) is 12.7. The molecule has 148 valence electrons. The molecule has 0 bridgehead atoms. The van der Waals surface area contributed by atoms with Crippen LogP contribution in [0.4, 0.5) is 0 Å². The van der Waals surface area contributed by atoms with Crippen LogP contribution in [-0.2, 0) is 11.3 Å². The van der Waals surface area contributed by atoms with E-state index in [9.17, 15) is 4.79 Å². The molecule has 2 aromatic carbocycles. The Hall–Kier alpha value is -2.26. The van der Waals surface area contributed by atoms with Crippen LogP contribution in [-0.4, -0.2) is 17.0 Å². The number of hydrogen-bond donors (Lipinski definition) is 1. The number of carbonyl (C=O) groups is 1. The van der Waals surface area contributed by atoms with Gasteiger partial charge in [-0.15, -0.1) is 0 Å². The summed E-state index contributed by atoms with van der Waals surface area (Å²) >= 11 is 6.28. The van der Waals surface area contributed by atoms with E-state index in [1.54, 1.807) is 0 Å². The first-order valence-electron chi connectivity index (χ1n) is 10.2. The van der Waals surface area contributed by atoms with Gasteiger partial charge in [0.15, 0.2) is 0 Å². The molecule has 0 fully saturated rings. The van der Waals surface area contributed by atoms with Crippen molar-refractivity contribution in [3.8, 4) is 0 Å². The highest BCUT2D eigenvalue weighted by Gasteiger charge is 2.22. The molecule has 28 heavy (non-hydrogen) atoms. The number of hydrogen-bond acceptors (Lipinski definition) is 1. The summed E-state index contributed by atoms with van der Waals surface area (Å²) in [6.45, 7) is 5.95. The molecule has 0 aliphatic heterocycles. The van der Waals surface area contributed by atoms with Gasteiger partial charge < -0.3 is 9.88 Å². The van der Waals surface area contributed by atoms with Gasteiger partial charge in [0.05, 0.1) is 0 Å².